The topological polar surface area (TPSA) is 51.9 Å². The molecule has 0 bridgehead atoms. The SMILES string of the molecule is c1csc(-c2nc3n(c2-c2cccs2)c2nc(-c4cccs4)c(-c4cccs4)n2c2nc(-c4cccs4)c(-c4cccs4)n32)c1. The zero-order valence-corrected chi connectivity index (χ0v) is 27.9. The fourth-order valence-corrected chi connectivity index (χ4v) is 10.3. The summed E-state index contributed by atoms with van der Waals surface area (Å²) in [6.45, 7) is 0. The van der Waals surface area contributed by atoms with Crippen molar-refractivity contribution in [3.8, 4) is 63.4 Å². The molecule has 0 saturated carbocycles. The van der Waals surface area contributed by atoms with E-state index in [1.165, 1.54) is 0 Å². The summed E-state index contributed by atoms with van der Waals surface area (Å²) in [4.78, 5) is 23.2. The minimum Gasteiger partial charge on any atom is -0.245 e. The summed E-state index contributed by atoms with van der Waals surface area (Å²) < 4.78 is 6.79. The quantitative estimate of drug-likeness (QED) is 0.174. The third-order valence-corrected chi connectivity index (χ3v) is 13.0. The molecular weight excluding hydrogens is 673 g/mol. The molecule has 0 unspecified atom stereocenters. The molecule has 10 rings (SSSR count). The molecule has 6 nitrogen and oxygen atoms in total. The van der Waals surface area contributed by atoms with E-state index >= 15 is 0 Å². The molecule has 0 aliphatic carbocycles. The molecule has 216 valence electrons. The van der Waals surface area contributed by atoms with Gasteiger partial charge in [-0.2, -0.15) is 0 Å². The predicted molar refractivity (Wildman–Crippen MR) is 193 cm³/mol. The Morgan fingerprint density at radius 3 is 0.800 bits per heavy atom. The number of hydrogen-bond donors (Lipinski definition) is 0. The van der Waals surface area contributed by atoms with Crippen molar-refractivity contribution < 1.29 is 0 Å². The first-order valence-corrected chi connectivity index (χ1v) is 19.3. The van der Waals surface area contributed by atoms with Crippen LogP contribution in [0.2, 0.25) is 0 Å². The van der Waals surface area contributed by atoms with Gasteiger partial charge in [0.1, 0.15) is 17.1 Å². The van der Waals surface area contributed by atoms with E-state index in [4.69, 9.17) is 15.0 Å². The Bertz CT molecular complexity index is 2240. The molecule has 0 spiro atoms. The second kappa shape index (κ2) is 10.2. The largest absolute Gasteiger partial charge is 0.245 e. The van der Waals surface area contributed by atoms with E-state index < -0.39 is 0 Å². The third-order valence-electron chi connectivity index (χ3n) is 7.71. The molecule has 10 heterocycles. The van der Waals surface area contributed by atoms with Gasteiger partial charge in [-0.25, -0.2) is 28.2 Å². The van der Waals surface area contributed by atoms with Crippen LogP contribution in [0.25, 0.3) is 80.8 Å². The minimum atomic E-state index is 0.795. The molecule has 0 saturated heterocycles. The fourth-order valence-electron chi connectivity index (χ4n) is 5.92. The molecule has 0 atom stereocenters. The van der Waals surface area contributed by atoms with Gasteiger partial charge in [-0.3, -0.25) is 0 Å². The number of nitrogens with zero attached hydrogens (tertiary/aromatic N) is 6. The van der Waals surface area contributed by atoms with Crippen molar-refractivity contribution in [1.29, 1.82) is 0 Å². The van der Waals surface area contributed by atoms with Crippen LogP contribution in [0, 0.1) is 0 Å². The Kier molecular flexibility index (Phi) is 5.90. The van der Waals surface area contributed by atoms with Gasteiger partial charge in [-0.1, -0.05) is 36.4 Å². The lowest BCUT2D eigenvalue weighted by atomic mass is 10.2. The number of hydrogen-bond acceptors (Lipinski definition) is 9. The molecule has 0 aliphatic heterocycles. The van der Waals surface area contributed by atoms with Crippen LogP contribution in [0.3, 0.4) is 0 Å². The molecule has 45 heavy (non-hydrogen) atoms. The average Bonchev–Trinajstić information content (AvgIpc) is 3.92. The van der Waals surface area contributed by atoms with E-state index in [1.807, 2.05) is 0 Å². The van der Waals surface area contributed by atoms with Crippen molar-refractivity contribution in [3.05, 3.63) is 105 Å². The molecular formula is C33H18N6S6. The van der Waals surface area contributed by atoms with Crippen LogP contribution in [0.4, 0.5) is 0 Å². The van der Waals surface area contributed by atoms with Crippen LogP contribution in [0.1, 0.15) is 0 Å². The highest BCUT2D eigenvalue weighted by Gasteiger charge is 2.31. The second-order valence-corrected chi connectivity index (χ2v) is 15.9. The Morgan fingerprint density at radius 2 is 0.578 bits per heavy atom. The van der Waals surface area contributed by atoms with Gasteiger partial charge in [-0.05, 0) is 68.7 Å². The maximum Gasteiger partial charge on any atom is 0.225 e. The maximum atomic E-state index is 5.48. The molecule has 12 heteroatoms. The standard InChI is InChI=1S/C33H18N6S6/c1-7-19(40-13-1)25-28(22-10-4-16-43-22)37-31(34-25)38-29(23-11-5-17-44-23)26(20-8-2-14-41-20)36-33(38)39-30(24-12-6-18-45-24)27(35-32(37)39)21-9-3-15-42-21/h1-18H. The van der Waals surface area contributed by atoms with Crippen LogP contribution in [0.5, 0.6) is 0 Å². The van der Waals surface area contributed by atoms with Gasteiger partial charge in [0.2, 0.25) is 17.3 Å². The summed E-state index contributed by atoms with van der Waals surface area (Å²) in [6.07, 6.45) is 0. The zero-order chi connectivity index (χ0) is 29.5. The summed E-state index contributed by atoms with van der Waals surface area (Å²) in [5, 5.41) is 12.7. The predicted octanol–water partition coefficient (Wildman–Crippen LogP) is 11.0. The Hall–Kier alpha value is -4.17. The van der Waals surface area contributed by atoms with Crippen LogP contribution >= 0.6 is 68.0 Å². The first-order chi connectivity index (χ1) is 22.3. The Labute approximate surface area is 280 Å². The van der Waals surface area contributed by atoms with Crippen molar-refractivity contribution in [2.45, 2.75) is 0 Å². The third kappa shape index (κ3) is 3.84. The van der Waals surface area contributed by atoms with Crippen LogP contribution < -0.4 is 0 Å². The molecule has 0 radical (unpaired) electrons. The Morgan fingerprint density at radius 1 is 0.333 bits per heavy atom. The maximum absolute atomic E-state index is 5.48. The summed E-state index contributed by atoms with van der Waals surface area (Å²) in [5.74, 6) is 2.38. The number of aromatic nitrogens is 6. The highest BCUT2D eigenvalue weighted by molar-refractivity contribution is 7.15. The van der Waals surface area contributed by atoms with E-state index in [9.17, 15) is 0 Å². The lowest BCUT2D eigenvalue weighted by molar-refractivity contribution is 0.988. The van der Waals surface area contributed by atoms with Crippen molar-refractivity contribution in [2.24, 2.45) is 0 Å². The number of rotatable bonds is 6. The number of fused-ring (bicyclic) bond motifs is 6. The monoisotopic (exact) mass is 690 g/mol. The van der Waals surface area contributed by atoms with Gasteiger partial charge in [0.05, 0.1) is 46.3 Å². The molecule has 0 aliphatic rings. The molecule has 0 aromatic carbocycles. The average molecular weight is 691 g/mol. The smallest absolute Gasteiger partial charge is 0.225 e. The molecule has 10 aromatic rings. The molecule has 0 N–H and O–H groups in total. The van der Waals surface area contributed by atoms with E-state index in [0.29, 0.717) is 0 Å². The Balaban J connectivity index is 1.51. The van der Waals surface area contributed by atoms with Gasteiger partial charge in [0.25, 0.3) is 0 Å². The van der Waals surface area contributed by atoms with Crippen molar-refractivity contribution >= 4 is 85.4 Å². The first-order valence-electron chi connectivity index (χ1n) is 14.0. The highest BCUT2D eigenvalue weighted by Crippen LogP contribution is 2.45. The van der Waals surface area contributed by atoms with Gasteiger partial charge in [0.15, 0.2) is 0 Å². The minimum absolute atomic E-state index is 0.795. The lowest BCUT2D eigenvalue weighted by Gasteiger charge is -2.09. The molecule has 0 fully saturated rings. The zero-order valence-electron chi connectivity index (χ0n) is 23.0. The van der Waals surface area contributed by atoms with Crippen LogP contribution in [-0.4, -0.2) is 28.2 Å². The summed E-state index contributed by atoms with van der Waals surface area (Å²) in [5.41, 5.74) is 5.96. The van der Waals surface area contributed by atoms with E-state index in [1.54, 1.807) is 68.0 Å². The van der Waals surface area contributed by atoms with Gasteiger partial charge in [-0.15, -0.1) is 68.0 Å². The first kappa shape index (κ1) is 26.1. The van der Waals surface area contributed by atoms with Crippen LogP contribution in [0.15, 0.2) is 105 Å². The van der Waals surface area contributed by atoms with E-state index in [0.717, 1.165) is 80.8 Å². The van der Waals surface area contributed by atoms with Gasteiger partial charge < -0.3 is 0 Å². The van der Waals surface area contributed by atoms with E-state index in [2.05, 4.69) is 118 Å². The van der Waals surface area contributed by atoms with Crippen molar-refractivity contribution in [2.75, 3.05) is 0 Å². The lowest BCUT2D eigenvalue weighted by Crippen LogP contribution is -2.06. The number of thiophene rings is 6. The van der Waals surface area contributed by atoms with Crippen molar-refractivity contribution in [3.63, 3.8) is 0 Å². The second-order valence-electron chi connectivity index (χ2n) is 10.2. The van der Waals surface area contributed by atoms with Gasteiger partial charge >= 0.3 is 0 Å². The highest BCUT2D eigenvalue weighted by atomic mass is 32.1. The summed E-state index contributed by atoms with van der Waals surface area (Å²) in [7, 11) is 0. The molecule has 0 amide bonds. The molecule has 10 aromatic heterocycles. The summed E-state index contributed by atoms with van der Waals surface area (Å²) in [6, 6.07) is 25.6. The van der Waals surface area contributed by atoms with Gasteiger partial charge in [0, 0.05) is 0 Å². The normalized spacial score (nSPS) is 12.0. The van der Waals surface area contributed by atoms with E-state index in [-0.39, 0.29) is 0 Å². The van der Waals surface area contributed by atoms with Crippen LogP contribution in [-0.2, 0) is 0 Å². The summed E-state index contributed by atoms with van der Waals surface area (Å²) >= 11 is 10.3. The van der Waals surface area contributed by atoms with Crippen molar-refractivity contribution in [1.82, 2.24) is 28.2 Å². The fraction of sp³-hybridized carbons (Fsp3) is 0. The number of imidazole rings is 3.